The summed E-state index contributed by atoms with van der Waals surface area (Å²) in [5.41, 5.74) is 0. The van der Waals surface area contributed by atoms with Crippen LogP contribution in [0.3, 0.4) is 0 Å². The predicted octanol–water partition coefficient (Wildman–Crippen LogP) is 7.32. The second-order valence-electron chi connectivity index (χ2n) is 10.6. The van der Waals surface area contributed by atoms with Crippen LogP contribution in [-0.4, -0.2) is 31.2 Å². The number of hydrogen-bond donors (Lipinski definition) is 1. The third-order valence-electron chi connectivity index (χ3n) is 6.12. The van der Waals surface area contributed by atoms with Crippen molar-refractivity contribution in [2.24, 2.45) is 35.5 Å². The van der Waals surface area contributed by atoms with E-state index >= 15 is 0 Å². The van der Waals surface area contributed by atoms with Gasteiger partial charge in [-0.3, -0.25) is 0 Å². The average molecular weight is 415 g/mol. The first-order valence-electron chi connectivity index (χ1n) is 12.5. The largest absolute Gasteiger partial charge is 0.393 e. The van der Waals surface area contributed by atoms with Crippen molar-refractivity contribution in [3.63, 3.8) is 0 Å². The number of rotatable bonds is 19. The van der Waals surface area contributed by atoms with Crippen molar-refractivity contribution < 1.29 is 14.6 Å². The average Bonchev–Trinajstić information content (AvgIpc) is 2.56. The lowest BCUT2D eigenvalue weighted by atomic mass is 9.81. The fraction of sp³-hybridized carbons (Fsp3) is 1.00. The van der Waals surface area contributed by atoms with Crippen LogP contribution in [0.25, 0.3) is 0 Å². The van der Waals surface area contributed by atoms with Crippen LogP contribution in [0.4, 0.5) is 0 Å². The van der Waals surface area contributed by atoms with Gasteiger partial charge in [0.25, 0.3) is 0 Å². The predicted molar refractivity (Wildman–Crippen MR) is 126 cm³/mol. The lowest BCUT2D eigenvalue weighted by molar-refractivity contribution is -0.0508. The Hall–Kier alpha value is -0.120. The van der Waals surface area contributed by atoms with E-state index in [4.69, 9.17) is 9.47 Å². The molecule has 0 aliphatic carbocycles. The summed E-state index contributed by atoms with van der Waals surface area (Å²) in [5.74, 6) is 4.57. The van der Waals surface area contributed by atoms with E-state index in [-0.39, 0.29) is 6.10 Å². The molecule has 0 aliphatic rings. The molecule has 7 unspecified atom stereocenters. The molecule has 176 valence electrons. The monoisotopic (exact) mass is 414 g/mol. The molecule has 1 N–H and O–H groups in total. The van der Waals surface area contributed by atoms with E-state index in [1.54, 1.807) is 0 Å². The van der Waals surface area contributed by atoms with E-state index in [0.717, 1.165) is 55.6 Å². The van der Waals surface area contributed by atoms with Gasteiger partial charge in [-0.05, 0) is 101 Å². The molecule has 0 heterocycles. The summed E-state index contributed by atoms with van der Waals surface area (Å²) in [6, 6.07) is 0. The fourth-order valence-corrected chi connectivity index (χ4v) is 5.35. The molecule has 0 aromatic heterocycles. The molecule has 0 saturated carbocycles. The number of ether oxygens (including phenoxy) is 2. The first-order valence-corrected chi connectivity index (χ1v) is 12.5. The Labute approximate surface area is 183 Å². The van der Waals surface area contributed by atoms with Crippen molar-refractivity contribution in [3.8, 4) is 0 Å². The standard InChI is InChI=1S/C26H54O3/c1-9-28-19-29-12-10-11-20(2)13-21(3)14-22(4)15-23(5)16-24(6)17-25(7)18-26(8)27/h20-27H,9-19H2,1-8H3. The Bertz CT molecular complexity index is 358. The minimum atomic E-state index is -0.166. The van der Waals surface area contributed by atoms with Crippen LogP contribution in [0.15, 0.2) is 0 Å². The number of aliphatic hydroxyl groups is 1. The molecule has 0 fully saturated rings. The second-order valence-corrected chi connectivity index (χ2v) is 10.6. The van der Waals surface area contributed by atoms with Crippen molar-refractivity contribution in [2.75, 3.05) is 20.0 Å². The van der Waals surface area contributed by atoms with E-state index in [0.29, 0.717) is 12.7 Å². The molecule has 7 atom stereocenters. The van der Waals surface area contributed by atoms with E-state index in [9.17, 15) is 5.11 Å². The van der Waals surface area contributed by atoms with Crippen LogP contribution in [0.5, 0.6) is 0 Å². The minimum Gasteiger partial charge on any atom is -0.393 e. The third kappa shape index (κ3) is 18.4. The molecule has 0 aromatic carbocycles. The zero-order chi connectivity index (χ0) is 22.2. The summed E-state index contributed by atoms with van der Waals surface area (Å²) < 4.78 is 10.7. The van der Waals surface area contributed by atoms with Crippen molar-refractivity contribution in [1.29, 1.82) is 0 Å². The van der Waals surface area contributed by atoms with Gasteiger partial charge in [-0.1, -0.05) is 41.5 Å². The van der Waals surface area contributed by atoms with Crippen molar-refractivity contribution in [3.05, 3.63) is 0 Å². The maximum absolute atomic E-state index is 9.56. The maximum Gasteiger partial charge on any atom is 0.146 e. The van der Waals surface area contributed by atoms with E-state index in [1.807, 2.05) is 13.8 Å². The zero-order valence-electron chi connectivity index (χ0n) is 21.1. The van der Waals surface area contributed by atoms with Gasteiger partial charge in [0, 0.05) is 13.2 Å². The molecular formula is C26H54O3. The van der Waals surface area contributed by atoms with Crippen LogP contribution in [0.1, 0.15) is 107 Å². The van der Waals surface area contributed by atoms with E-state index in [2.05, 4.69) is 41.5 Å². The molecule has 0 rings (SSSR count). The van der Waals surface area contributed by atoms with Gasteiger partial charge in [0.05, 0.1) is 6.10 Å². The molecule has 3 nitrogen and oxygen atoms in total. The molecule has 0 bridgehead atoms. The Kier molecular flexibility index (Phi) is 17.5. The van der Waals surface area contributed by atoms with Crippen LogP contribution < -0.4 is 0 Å². The van der Waals surface area contributed by atoms with Crippen LogP contribution in [0.2, 0.25) is 0 Å². The fourth-order valence-electron chi connectivity index (χ4n) is 5.35. The summed E-state index contributed by atoms with van der Waals surface area (Å²) in [7, 11) is 0. The van der Waals surface area contributed by atoms with Crippen LogP contribution >= 0.6 is 0 Å². The Morgan fingerprint density at radius 2 is 1.00 bits per heavy atom. The van der Waals surface area contributed by atoms with E-state index < -0.39 is 0 Å². The molecule has 0 saturated heterocycles. The minimum absolute atomic E-state index is 0.166. The van der Waals surface area contributed by atoms with Crippen molar-refractivity contribution >= 4 is 0 Å². The Morgan fingerprint density at radius 1 is 0.586 bits per heavy atom. The van der Waals surface area contributed by atoms with Crippen molar-refractivity contribution in [2.45, 2.75) is 113 Å². The van der Waals surface area contributed by atoms with Gasteiger partial charge >= 0.3 is 0 Å². The van der Waals surface area contributed by atoms with Gasteiger partial charge in [-0.15, -0.1) is 0 Å². The number of hydrogen-bond acceptors (Lipinski definition) is 3. The molecule has 0 aromatic rings. The van der Waals surface area contributed by atoms with Gasteiger partial charge < -0.3 is 14.6 Å². The molecule has 0 amide bonds. The molecule has 0 aliphatic heterocycles. The lowest BCUT2D eigenvalue weighted by Crippen LogP contribution is -2.14. The first kappa shape index (κ1) is 28.9. The summed E-state index contributed by atoms with van der Waals surface area (Å²) in [6.45, 7) is 20.3. The van der Waals surface area contributed by atoms with Crippen LogP contribution in [0, 0.1) is 35.5 Å². The quantitative estimate of drug-likeness (QED) is 0.178. The summed E-state index contributed by atoms with van der Waals surface area (Å²) in [4.78, 5) is 0. The van der Waals surface area contributed by atoms with Gasteiger partial charge in [0.1, 0.15) is 6.79 Å². The molecular weight excluding hydrogens is 360 g/mol. The third-order valence-corrected chi connectivity index (χ3v) is 6.12. The first-order chi connectivity index (χ1) is 13.6. The zero-order valence-corrected chi connectivity index (χ0v) is 21.1. The maximum atomic E-state index is 9.56. The highest BCUT2D eigenvalue weighted by atomic mass is 16.7. The SMILES string of the molecule is CCOCOCCCC(C)CC(C)CC(C)CC(C)CC(C)CC(C)CC(C)O. The highest BCUT2D eigenvalue weighted by molar-refractivity contribution is 4.69. The van der Waals surface area contributed by atoms with Gasteiger partial charge in [-0.25, -0.2) is 0 Å². The molecule has 0 radical (unpaired) electrons. The van der Waals surface area contributed by atoms with Gasteiger partial charge in [0.15, 0.2) is 0 Å². The normalized spacial score (nSPS) is 19.3. The highest BCUT2D eigenvalue weighted by Crippen LogP contribution is 2.29. The molecule has 0 spiro atoms. The number of aliphatic hydroxyl groups excluding tert-OH is 1. The van der Waals surface area contributed by atoms with Gasteiger partial charge in [-0.2, -0.15) is 0 Å². The molecule has 3 heteroatoms. The Balaban J connectivity index is 3.93. The van der Waals surface area contributed by atoms with E-state index in [1.165, 1.54) is 38.5 Å². The summed E-state index contributed by atoms with van der Waals surface area (Å²) in [6.07, 6.45) is 9.75. The Morgan fingerprint density at radius 3 is 1.41 bits per heavy atom. The lowest BCUT2D eigenvalue weighted by Gasteiger charge is -2.25. The summed E-state index contributed by atoms with van der Waals surface area (Å²) in [5, 5.41) is 9.56. The van der Waals surface area contributed by atoms with Crippen molar-refractivity contribution in [1.82, 2.24) is 0 Å². The smallest absolute Gasteiger partial charge is 0.146 e. The molecule has 29 heavy (non-hydrogen) atoms. The summed E-state index contributed by atoms with van der Waals surface area (Å²) >= 11 is 0. The van der Waals surface area contributed by atoms with Crippen LogP contribution in [-0.2, 0) is 9.47 Å². The van der Waals surface area contributed by atoms with Gasteiger partial charge in [0.2, 0.25) is 0 Å². The second kappa shape index (κ2) is 17.5. The topological polar surface area (TPSA) is 38.7 Å². The highest BCUT2D eigenvalue weighted by Gasteiger charge is 2.18.